The Morgan fingerprint density at radius 2 is 1.80 bits per heavy atom. The Labute approximate surface area is 124 Å². The van der Waals surface area contributed by atoms with Crippen molar-refractivity contribution in [1.82, 2.24) is 0 Å². The molecule has 0 saturated carbocycles. The molecule has 102 valence electrons. The first-order valence-corrected chi connectivity index (χ1v) is 6.75. The van der Waals surface area contributed by atoms with Gasteiger partial charge < -0.3 is 5.32 Å². The van der Waals surface area contributed by atoms with Gasteiger partial charge in [0.1, 0.15) is 0 Å². The lowest BCUT2D eigenvalue weighted by Gasteiger charge is -2.07. The first-order valence-electron chi connectivity index (χ1n) is 6.37. The maximum atomic E-state index is 11.9. The van der Waals surface area contributed by atoms with Crippen molar-refractivity contribution in [1.29, 1.82) is 0 Å². The van der Waals surface area contributed by atoms with Crippen LogP contribution in [0, 0.1) is 13.8 Å². The topological polar surface area (TPSA) is 29.1 Å². The van der Waals surface area contributed by atoms with E-state index >= 15 is 0 Å². The van der Waals surface area contributed by atoms with Crippen molar-refractivity contribution in [3.63, 3.8) is 0 Å². The third kappa shape index (κ3) is 3.72. The fourth-order valence-corrected chi connectivity index (χ4v) is 1.94. The number of halogens is 1. The van der Waals surface area contributed by atoms with Gasteiger partial charge in [0, 0.05) is 16.8 Å². The second kappa shape index (κ2) is 6.40. The Morgan fingerprint density at radius 3 is 2.50 bits per heavy atom. The first-order chi connectivity index (χ1) is 9.56. The summed E-state index contributed by atoms with van der Waals surface area (Å²) in [6.07, 6.45) is 3.31. The van der Waals surface area contributed by atoms with Gasteiger partial charge in [0.25, 0.3) is 0 Å². The molecule has 0 saturated heterocycles. The van der Waals surface area contributed by atoms with Gasteiger partial charge in [-0.3, -0.25) is 4.79 Å². The molecule has 0 atom stereocenters. The fourth-order valence-electron chi connectivity index (χ4n) is 1.77. The van der Waals surface area contributed by atoms with E-state index in [0.717, 1.165) is 16.8 Å². The van der Waals surface area contributed by atoms with Gasteiger partial charge in [-0.1, -0.05) is 47.5 Å². The number of benzene rings is 2. The molecule has 2 aromatic carbocycles. The quantitative estimate of drug-likeness (QED) is 0.820. The van der Waals surface area contributed by atoms with Gasteiger partial charge in [-0.25, -0.2) is 0 Å². The predicted octanol–water partition coefficient (Wildman–Crippen LogP) is 4.61. The standard InChI is InChI=1S/C17H16ClNO/c1-12-6-8-14(9-7-12)10-11-17(20)19-16-5-3-4-15(18)13(16)2/h3-11H,1-2H3,(H,19,20)/b11-10+. The van der Waals surface area contributed by atoms with Gasteiger partial charge in [-0.2, -0.15) is 0 Å². The molecule has 2 nitrogen and oxygen atoms in total. The number of anilines is 1. The number of amides is 1. The largest absolute Gasteiger partial charge is 0.322 e. The van der Waals surface area contributed by atoms with E-state index in [2.05, 4.69) is 5.32 Å². The van der Waals surface area contributed by atoms with Crippen LogP contribution in [0.15, 0.2) is 48.5 Å². The summed E-state index contributed by atoms with van der Waals surface area (Å²) < 4.78 is 0. The van der Waals surface area contributed by atoms with Crippen LogP contribution in [0.25, 0.3) is 6.08 Å². The lowest BCUT2D eigenvalue weighted by atomic mass is 10.1. The van der Waals surface area contributed by atoms with Crippen LogP contribution < -0.4 is 5.32 Å². The summed E-state index contributed by atoms with van der Waals surface area (Å²) in [7, 11) is 0. The molecule has 2 aromatic rings. The SMILES string of the molecule is Cc1ccc(/C=C/C(=O)Nc2cccc(Cl)c2C)cc1. The van der Waals surface area contributed by atoms with E-state index < -0.39 is 0 Å². The van der Waals surface area contributed by atoms with Gasteiger partial charge in [0.15, 0.2) is 0 Å². The van der Waals surface area contributed by atoms with Crippen molar-refractivity contribution in [3.8, 4) is 0 Å². The number of hydrogen-bond donors (Lipinski definition) is 1. The number of nitrogens with one attached hydrogen (secondary N) is 1. The fraction of sp³-hybridized carbons (Fsp3) is 0.118. The molecule has 1 N–H and O–H groups in total. The van der Waals surface area contributed by atoms with E-state index in [1.165, 1.54) is 11.6 Å². The summed E-state index contributed by atoms with van der Waals surface area (Å²) in [5.74, 6) is -0.170. The van der Waals surface area contributed by atoms with Crippen molar-refractivity contribution >= 4 is 29.3 Å². The number of carbonyl (C=O) groups is 1. The summed E-state index contributed by atoms with van der Waals surface area (Å²) in [5, 5.41) is 3.47. The molecule has 3 heteroatoms. The molecule has 20 heavy (non-hydrogen) atoms. The molecule has 0 heterocycles. The lowest BCUT2D eigenvalue weighted by Crippen LogP contribution is -2.08. The van der Waals surface area contributed by atoms with Crippen LogP contribution in [0.2, 0.25) is 5.02 Å². The maximum Gasteiger partial charge on any atom is 0.248 e. The van der Waals surface area contributed by atoms with Crippen LogP contribution in [0.1, 0.15) is 16.7 Å². The minimum atomic E-state index is -0.170. The summed E-state index contributed by atoms with van der Waals surface area (Å²) in [4.78, 5) is 11.9. The van der Waals surface area contributed by atoms with Crippen LogP contribution in [-0.2, 0) is 4.79 Å². The molecule has 0 aliphatic heterocycles. The van der Waals surface area contributed by atoms with Crippen LogP contribution in [-0.4, -0.2) is 5.91 Å². The van der Waals surface area contributed by atoms with Crippen molar-refractivity contribution < 1.29 is 4.79 Å². The third-order valence-electron chi connectivity index (χ3n) is 3.03. The maximum absolute atomic E-state index is 11.9. The molecule has 0 unspecified atom stereocenters. The highest BCUT2D eigenvalue weighted by molar-refractivity contribution is 6.31. The van der Waals surface area contributed by atoms with Crippen molar-refractivity contribution in [2.75, 3.05) is 5.32 Å². The molecule has 1 amide bonds. The van der Waals surface area contributed by atoms with Gasteiger partial charge in [-0.15, -0.1) is 0 Å². The molecule has 0 aromatic heterocycles. The van der Waals surface area contributed by atoms with Crippen molar-refractivity contribution in [3.05, 3.63) is 70.3 Å². The highest BCUT2D eigenvalue weighted by Gasteiger charge is 2.03. The van der Waals surface area contributed by atoms with E-state index in [1.54, 1.807) is 12.1 Å². The molecule has 0 aliphatic carbocycles. The normalized spacial score (nSPS) is 10.8. The highest BCUT2D eigenvalue weighted by atomic mass is 35.5. The van der Waals surface area contributed by atoms with Crippen LogP contribution in [0.3, 0.4) is 0 Å². The van der Waals surface area contributed by atoms with E-state index in [-0.39, 0.29) is 5.91 Å². The lowest BCUT2D eigenvalue weighted by molar-refractivity contribution is -0.111. The smallest absolute Gasteiger partial charge is 0.248 e. The van der Waals surface area contributed by atoms with E-state index in [0.29, 0.717) is 5.02 Å². The van der Waals surface area contributed by atoms with Crippen molar-refractivity contribution in [2.45, 2.75) is 13.8 Å². The van der Waals surface area contributed by atoms with Gasteiger partial charge in [0.2, 0.25) is 5.91 Å². The van der Waals surface area contributed by atoms with Crippen LogP contribution in [0.4, 0.5) is 5.69 Å². The third-order valence-corrected chi connectivity index (χ3v) is 3.44. The highest BCUT2D eigenvalue weighted by Crippen LogP contribution is 2.22. The summed E-state index contributed by atoms with van der Waals surface area (Å²) in [5.41, 5.74) is 3.79. The molecular formula is C17H16ClNO. The molecular weight excluding hydrogens is 270 g/mol. The molecule has 0 spiro atoms. The Bertz CT molecular complexity index is 645. The zero-order chi connectivity index (χ0) is 14.5. The van der Waals surface area contributed by atoms with Gasteiger partial charge in [-0.05, 0) is 43.2 Å². The summed E-state index contributed by atoms with van der Waals surface area (Å²) in [6.45, 7) is 3.91. The van der Waals surface area contributed by atoms with E-state index in [1.807, 2.05) is 50.2 Å². The monoisotopic (exact) mass is 285 g/mol. The molecule has 2 rings (SSSR count). The average Bonchev–Trinajstić information content (AvgIpc) is 2.43. The first kappa shape index (κ1) is 14.4. The van der Waals surface area contributed by atoms with Crippen molar-refractivity contribution in [2.24, 2.45) is 0 Å². The van der Waals surface area contributed by atoms with Crippen LogP contribution in [0.5, 0.6) is 0 Å². The van der Waals surface area contributed by atoms with E-state index in [4.69, 9.17) is 11.6 Å². The van der Waals surface area contributed by atoms with E-state index in [9.17, 15) is 4.79 Å². The number of rotatable bonds is 3. The number of hydrogen-bond acceptors (Lipinski definition) is 1. The summed E-state index contributed by atoms with van der Waals surface area (Å²) in [6, 6.07) is 13.4. The zero-order valence-electron chi connectivity index (χ0n) is 11.5. The molecule has 0 aliphatic rings. The minimum absolute atomic E-state index is 0.170. The Hall–Kier alpha value is -2.06. The molecule has 0 bridgehead atoms. The van der Waals surface area contributed by atoms with Gasteiger partial charge >= 0.3 is 0 Å². The Balaban J connectivity index is 2.05. The number of aryl methyl sites for hydroxylation is 1. The Kier molecular flexibility index (Phi) is 4.59. The van der Waals surface area contributed by atoms with Gasteiger partial charge in [0.05, 0.1) is 0 Å². The second-order valence-electron chi connectivity index (χ2n) is 4.65. The molecule has 0 radical (unpaired) electrons. The Morgan fingerprint density at radius 1 is 1.10 bits per heavy atom. The predicted molar refractivity (Wildman–Crippen MR) is 85.0 cm³/mol. The minimum Gasteiger partial charge on any atom is -0.322 e. The molecule has 0 fully saturated rings. The number of carbonyl (C=O) groups excluding carboxylic acids is 1. The average molecular weight is 286 g/mol. The zero-order valence-corrected chi connectivity index (χ0v) is 12.2. The second-order valence-corrected chi connectivity index (χ2v) is 5.05. The summed E-state index contributed by atoms with van der Waals surface area (Å²) >= 11 is 6.02. The van der Waals surface area contributed by atoms with Crippen LogP contribution >= 0.6 is 11.6 Å².